The van der Waals surface area contributed by atoms with E-state index in [0.717, 1.165) is 46.3 Å². The number of rotatable bonds is 10. The molecule has 0 aliphatic carbocycles. The first-order valence-electron chi connectivity index (χ1n) is 10.6. The van der Waals surface area contributed by atoms with Gasteiger partial charge in [0.15, 0.2) is 11.7 Å². The first-order valence-corrected chi connectivity index (χ1v) is 11.4. The van der Waals surface area contributed by atoms with Crippen LogP contribution in [0.25, 0.3) is 10.2 Å². The Morgan fingerprint density at radius 3 is 2.32 bits per heavy atom. The van der Waals surface area contributed by atoms with Gasteiger partial charge in [-0.15, -0.1) is 0 Å². The highest BCUT2D eigenvalue weighted by molar-refractivity contribution is 7.22. The molecule has 0 radical (unpaired) electrons. The number of anilines is 1. The highest BCUT2D eigenvalue weighted by Crippen LogP contribution is 2.32. The zero-order valence-electron chi connectivity index (χ0n) is 19.0. The van der Waals surface area contributed by atoms with Crippen LogP contribution in [0.5, 0.6) is 11.5 Å². The minimum Gasteiger partial charge on any atom is -0.497 e. The number of methoxy groups -OCH3 is 1. The molecule has 3 rings (SSSR count). The predicted octanol–water partition coefficient (Wildman–Crippen LogP) is 4.68. The van der Waals surface area contributed by atoms with Gasteiger partial charge in [-0.3, -0.25) is 9.69 Å². The average Bonchev–Trinajstić information content (AvgIpc) is 3.22. The van der Waals surface area contributed by atoms with Gasteiger partial charge in [-0.1, -0.05) is 31.3 Å². The molecule has 0 N–H and O–H groups in total. The minimum absolute atomic E-state index is 0.0431. The SMILES string of the molecule is CCN(CC)CCN(C(=O)COc1ccc(OC)cc1)c1nc2c(C)c(C)ccc2s1. The third-order valence-electron chi connectivity index (χ3n) is 5.56. The van der Waals surface area contributed by atoms with Crippen LogP contribution in [-0.4, -0.2) is 55.7 Å². The first kappa shape index (κ1) is 23.0. The van der Waals surface area contributed by atoms with Crippen molar-refractivity contribution in [3.63, 3.8) is 0 Å². The van der Waals surface area contributed by atoms with E-state index in [2.05, 4.69) is 44.7 Å². The number of carbonyl (C=O) groups is 1. The van der Waals surface area contributed by atoms with Crippen LogP contribution in [0, 0.1) is 13.8 Å². The topological polar surface area (TPSA) is 54.9 Å². The number of fused-ring (bicyclic) bond motifs is 1. The van der Waals surface area contributed by atoms with E-state index < -0.39 is 0 Å². The molecule has 0 aliphatic heterocycles. The second-order valence-corrected chi connectivity index (χ2v) is 8.40. The highest BCUT2D eigenvalue weighted by Gasteiger charge is 2.21. The Bertz CT molecular complexity index is 1010. The van der Waals surface area contributed by atoms with Gasteiger partial charge in [-0.05, 0) is 68.4 Å². The van der Waals surface area contributed by atoms with E-state index in [9.17, 15) is 4.79 Å². The fraction of sp³-hybridized carbons (Fsp3) is 0.417. The molecule has 0 spiro atoms. The number of nitrogens with zero attached hydrogens (tertiary/aromatic N) is 3. The Hall–Kier alpha value is -2.64. The van der Waals surface area contributed by atoms with Crippen molar-refractivity contribution in [2.45, 2.75) is 27.7 Å². The van der Waals surface area contributed by atoms with E-state index in [0.29, 0.717) is 12.3 Å². The molecule has 166 valence electrons. The van der Waals surface area contributed by atoms with Crippen LogP contribution in [0.3, 0.4) is 0 Å². The van der Waals surface area contributed by atoms with Gasteiger partial charge in [-0.25, -0.2) is 4.98 Å². The van der Waals surface area contributed by atoms with Gasteiger partial charge in [0, 0.05) is 13.1 Å². The van der Waals surface area contributed by atoms with Crippen LogP contribution in [0.2, 0.25) is 0 Å². The molecule has 0 saturated carbocycles. The van der Waals surface area contributed by atoms with Gasteiger partial charge in [0.25, 0.3) is 5.91 Å². The third kappa shape index (κ3) is 5.54. The molecule has 3 aromatic rings. The Morgan fingerprint density at radius 1 is 1.00 bits per heavy atom. The third-order valence-corrected chi connectivity index (χ3v) is 6.61. The van der Waals surface area contributed by atoms with E-state index in [1.807, 2.05) is 12.1 Å². The van der Waals surface area contributed by atoms with Crippen molar-refractivity contribution in [3.05, 3.63) is 47.5 Å². The molecule has 0 bridgehead atoms. The summed E-state index contributed by atoms with van der Waals surface area (Å²) >= 11 is 1.55. The smallest absolute Gasteiger partial charge is 0.266 e. The van der Waals surface area contributed by atoms with Crippen LogP contribution in [-0.2, 0) is 4.79 Å². The van der Waals surface area contributed by atoms with Gasteiger partial charge in [-0.2, -0.15) is 0 Å². The molecule has 0 aliphatic rings. The number of likely N-dealkylation sites (N-methyl/N-ethyl adjacent to an activating group) is 1. The van der Waals surface area contributed by atoms with Crippen molar-refractivity contribution in [2.75, 3.05) is 44.8 Å². The van der Waals surface area contributed by atoms with Crippen LogP contribution in [0.15, 0.2) is 36.4 Å². The molecule has 1 amide bonds. The van der Waals surface area contributed by atoms with E-state index in [1.54, 1.807) is 35.5 Å². The number of hydrogen-bond acceptors (Lipinski definition) is 6. The predicted molar refractivity (Wildman–Crippen MR) is 128 cm³/mol. The maximum atomic E-state index is 13.2. The summed E-state index contributed by atoms with van der Waals surface area (Å²) in [5.74, 6) is 1.28. The van der Waals surface area contributed by atoms with Crippen molar-refractivity contribution < 1.29 is 14.3 Å². The highest BCUT2D eigenvalue weighted by atomic mass is 32.1. The molecule has 7 heteroatoms. The summed E-state index contributed by atoms with van der Waals surface area (Å²) in [4.78, 5) is 22.1. The second-order valence-electron chi connectivity index (χ2n) is 7.39. The summed E-state index contributed by atoms with van der Waals surface area (Å²) in [5, 5.41) is 0.721. The maximum Gasteiger partial charge on any atom is 0.266 e. The quantitative estimate of drug-likeness (QED) is 0.457. The van der Waals surface area contributed by atoms with E-state index >= 15 is 0 Å². The normalized spacial score (nSPS) is 11.2. The zero-order chi connectivity index (χ0) is 22.4. The van der Waals surface area contributed by atoms with Crippen molar-refractivity contribution in [2.24, 2.45) is 0 Å². The fourth-order valence-corrected chi connectivity index (χ4v) is 4.40. The van der Waals surface area contributed by atoms with Gasteiger partial charge in [0.2, 0.25) is 0 Å². The summed E-state index contributed by atoms with van der Waals surface area (Å²) < 4.78 is 12.0. The van der Waals surface area contributed by atoms with Gasteiger partial charge in [0.1, 0.15) is 11.5 Å². The molecular formula is C24H31N3O3S. The number of amides is 1. The maximum absolute atomic E-state index is 13.2. The van der Waals surface area contributed by atoms with Crippen LogP contribution < -0.4 is 14.4 Å². The summed E-state index contributed by atoms with van der Waals surface area (Å²) in [6.45, 7) is 11.6. The Labute approximate surface area is 188 Å². The van der Waals surface area contributed by atoms with Gasteiger partial charge < -0.3 is 14.4 Å². The standard InChI is InChI=1S/C24H31N3O3S/c1-6-26(7-2)14-15-27(22(28)16-30-20-11-9-19(29-5)10-12-20)24-25-23-18(4)17(3)8-13-21(23)31-24/h8-13H,6-7,14-16H2,1-5H3. The lowest BCUT2D eigenvalue weighted by Crippen LogP contribution is -2.41. The molecule has 1 heterocycles. The lowest BCUT2D eigenvalue weighted by Gasteiger charge is -2.24. The number of hydrogen-bond donors (Lipinski definition) is 0. The van der Waals surface area contributed by atoms with E-state index in [1.165, 1.54) is 5.56 Å². The van der Waals surface area contributed by atoms with Crippen molar-refractivity contribution in [3.8, 4) is 11.5 Å². The first-order chi connectivity index (χ1) is 15.0. The Balaban J connectivity index is 1.81. The Kier molecular flexibility index (Phi) is 7.87. The fourth-order valence-electron chi connectivity index (χ4n) is 3.33. The second kappa shape index (κ2) is 10.6. The lowest BCUT2D eigenvalue weighted by atomic mass is 10.1. The number of thiazole rings is 1. The van der Waals surface area contributed by atoms with Crippen molar-refractivity contribution >= 4 is 32.6 Å². The van der Waals surface area contributed by atoms with Gasteiger partial charge >= 0.3 is 0 Å². The molecule has 0 fully saturated rings. The monoisotopic (exact) mass is 441 g/mol. The zero-order valence-corrected chi connectivity index (χ0v) is 19.8. The lowest BCUT2D eigenvalue weighted by molar-refractivity contribution is -0.120. The molecule has 1 aromatic heterocycles. The van der Waals surface area contributed by atoms with E-state index in [4.69, 9.17) is 14.5 Å². The number of ether oxygens (including phenoxy) is 2. The summed E-state index contributed by atoms with van der Waals surface area (Å²) in [5.41, 5.74) is 3.33. The molecule has 0 atom stereocenters. The van der Waals surface area contributed by atoms with Crippen molar-refractivity contribution in [1.82, 2.24) is 9.88 Å². The molecule has 6 nitrogen and oxygen atoms in total. The molecule has 0 unspecified atom stereocenters. The van der Waals surface area contributed by atoms with Crippen LogP contribution in [0.1, 0.15) is 25.0 Å². The van der Waals surface area contributed by atoms with Crippen LogP contribution in [0.4, 0.5) is 5.13 Å². The summed E-state index contributed by atoms with van der Waals surface area (Å²) in [7, 11) is 1.62. The number of carbonyl (C=O) groups excluding carboxylic acids is 1. The summed E-state index contributed by atoms with van der Waals surface area (Å²) in [6, 6.07) is 11.4. The molecule has 0 saturated heterocycles. The number of aryl methyl sites for hydroxylation is 2. The number of benzene rings is 2. The van der Waals surface area contributed by atoms with Crippen LogP contribution >= 0.6 is 11.3 Å². The molecule has 31 heavy (non-hydrogen) atoms. The average molecular weight is 442 g/mol. The summed E-state index contributed by atoms with van der Waals surface area (Å²) in [6.07, 6.45) is 0. The molecule has 2 aromatic carbocycles. The van der Waals surface area contributed by atoms with Gasteiger partial charge in [0.05, 0.1) is 17.3 Å². The number of aromatic nitrogens is 1. The molecular weight excluding hydrogens is 410 g/mol. The largest absolute Gasteiger partial charge is 0.497 e. The Morgan fingerprint density at radius 2 is 1.68 bits per heavy atom. The van der Waals surface area contributed by atoms with E-state index in [-0.39, 0.29) is 12.5 Å². The van der Waals surface area contributed by atoms with Crippen molar-refractivity contribution in [1.29, 1.82) is 0 Å². The minimum atomic E-state index is -0.101.